The van der Waals surface area contributed by atoms with E-state index in [-0.39, 0.29) is 21.0 Å². The summed E-state index contributed by atoms with van der Waals surface area (Å²) in [6.07, 6.45) is 0. The van der Waals surface area contributed by atoms with Gasteiger partial charge in [-0.05, 0) is 42.0 Å². The molecule has 5 nitrogen and oxygen atoms in total. The van der Waals surface area contributed by atoms with Crippen molar-refractivity contribution >= 4 is 54.4 Å². The van der Waals surface area contributed by atoms with Crippen LogP contribution in [0, 0.1) is 0 Å². The van der Waals surface area contributed by atoms with Crippen molar-refractivity contribution in [1.82, 2.24) is 3.97 Å². The van der Waals surface area contributed by atoms with Gasteiger partial charge in [0.25, 0.3) is 10.0 Å². The Morgan fingerprint density at radius 2 is 1.69 bits per heavy atom. The van der Waals surface area contributed by atoms with E-state index >= 15 is 0 Å². The van der Waals surface area contributed by atoms with Crippen LogP contribution in [-0.4, -0.2) is 23.5 Å². The molecule has 29 heavy (non-hydrogen) atoms. The number of benzene rings is 3. The van der Waals surface area contributed by atoms with Crippen molar-refractivity contribution in [3.63, 3.8) is 0 Å². The normalized spacial score (nSPS) is 11.7. The fourth-order valence-corrected chi connectivity index (χ4v) is 5.92. The third-order valence-corrected chi connectivity index (χ3v) is 6.86. The van der Waals surface area contributed by atoms with Crippen LogP contribution in [0.1, 0.15) is 10.4 Å². The van der Waals surface area contributed by atoms with Gasteiger partial charge in [-0.15, -0.1) is 0 Å². The Morgan fingerprint density at radius 1 is 0.966 bits per heavy atom. The smallest absolute Gasteiger partial charge is 0.336 e. The second-order valence-electron chi connectivity index (χ2n) is 6.31. The highest BCUT2D eigenvalue weighted by atomic mass is 79.9. The summed E-state index contributed by atoms with van der Waals surface area (Å²) in [5.74, 6) is -1.13. The van der Waals surface area contributed by atoms with Crippen LogP contribution >= 0.6 is 27.5 Å². The maximum absolute atomic E-state index is 13.6. The molecule has 0 radical (unpaired) electrons. The highest BCUT2D eigenvalue weighted by Gasteiger charge is 2.26. The van der Waals surface area contributed by atoms with Crippen LogP contribution in [0.25, 0.3) is 22.2 Å². The van der Waals surface area contributed by atoms with Gasteiger partial charge in [0.05, 0.1) is 21.7 Å². The van der Waals surface area contributed by atoms with Crippen molar-refractivity contribution in [3.05, 3.63) is 87.9 Å². The number of nitrogens with zero attached hydrogens (tertiary/aromatic N) is 1. The van der Waals surface area contributed by atoms with Crippen LogP contribution in [-0.2, 0) is 10.0 Å². The molecular formula is C21H13BrClNO4S. The molecule has 3 aromatic carbocycles. The molecule has 4 rings (SSSR count). The fraction of sp³-hybridized carbons (Fsp3) is 0. The number of halogens is 2. The minimum absolute atomic E-state index is 0.00714. The van der Waals surface area contributed by atoms with Crippen molar-refractivity contribution in [1.29, 1.82) is 0 Å². The van der Waals surface area contributed by atoms with Crippen LogP contribution < -0.4 is 0 Å². The maximum Gasteiger partial charge on any atom is 0.336 e. The molecule has 1 aromatic heterocycles. The zero-order valence-corrected chi connectivity index (χ0v) is 17.9. The molecule has 0 atom stereocenters. The van der Waals surface area contributed by atoms with Crippen molar-refractivity contribution in [3.8, 4) is 11.3 Å². The summed E-state index contributed by atoms with van der Waals surface area (Å²) >= 11 is 9.35. The second-order valence-corrected chi connectivity index (χ2v) is 9.45. The molecule has 0 spiro atoms. The van der Waals surface area contributed by atoms with E-state index in [1.165, 1.54) is 28.2 Å². The molecule has 0 bridgehead atoms. The van der Waals surface area contributed by atoms with Crippen LogP contribution in [0.4, 0.5) is 0 Å². The van der Waals surface area contributed by atoms with Gasteiger partial charge in [-0.25, -0.2) is 17.2 Å². The van der Waals surface area contributed by atoms with E-state index in [2.05, 4.69) is 15.9 Å². The van der Waals surface area contributed by atoms with E-state index in [0.717, 1.165) is 0 Å². The highest BCUT2D eigenvalue weighted by Crippen LogP contribution is 2.35. The van der Waals surface area contributed by atoms with E-state index in [9.17, 15) is 18.3 Å². The fourth-order valence-electron chi connectivity index (χ4n) is 3.24. The number of aromatic nitrogens is 1. The number of carbonyl (C=O) groups is 1. The monoisotopic (exact) mass is 489 g/mol. The molecule has 0 saturated carbocycles. The molecule has 0 aliphatic heterocycles. The largest absolute Gasteiger partial charge is 0.478 e. The molecular weight excluding hydrogens is 478 g/mol. The van der Waals surface area contributed by atoms with Crippen molar-refractivity contribution < 1.29 is 18.3 Å². The van der Waals surface area contributed by atoms with E-state index in [4.69, 9.17) is 11.6 Å². The second kappa shape index (κ2) is 7.33. The summed E-state index contributed by atoms with van der Waals surface area (Å²) < 4.78 is 28.9. The van der Waals surface area contributed by atoms with Gasteiger partial charge in [-0.3, -0.25) is 0 Å². The lowest BCUT2D eigenvalue weighted by Crippen LogP contribution is -2.14. The summed E-state index contributed by atoms with van der Waals surface area (Å²) in [5.41, 5.74) is 1.32. The molecule has 0 fully saturated rings. The average molecular weight is 491 g/mol. The van der Waals surface area contributed by atoms with Crippen LogP contribution in [0.2, 0.25) is 5.02 Å². The predicted molar refractivity (Wildman–Crippen MR) is 116 cm³/mol. The Morgan fingerprint density at radius 3 is 2.34 bits per heavy atom. The minimum Gasteiger partial charge on any atom is -0.478 e. The summed E-state index contributed by atoms with van der Waals surface area (Å²) in [4.78, 5) is 11.7. The third-order valence-electron chi connectivity index (χ3n) is 4.48. The molecule has 0 amide bonds. The van der Waals surface area contributed by atoms with Gasteiger partial charge >= 0.3 is 5.97 Å². The number of aromatic carboxylic acids is 1. The summed E-state index contributed by atoms with van der Waals surface area (Å²) in [6, 6.07) is 19.5. The van der Waals surface area contributed by atoms with E-state index in [0.29, 0.717) is 21.1 Å². The van der Waals surface area contributed by atoms with Gasteiger partial charge in [-0.1, -0.05) is 63.9 Å². The van der Waals surface area contributed by atoms with Crippen molar-refractivity contribution in [2.45, 2.75) is 4.90 Å². The first-order valence-corrected chi connectivity index (χ1v) is 11.0. The minimum atomic E-state index is -4.08. The summed E-state index contributed by atoms with van der Waals surface area (Å²) in [5, 5.41) is 10.2. The quantitative estimate of drug-likeness (QED) is 0.400. The standard InChI is InChI=1S/C21H13BrClNO4S/c22-14-9-15(23)11-16(10-14)29(27,28)24-19-8-4-7-17(21(25)26)18(19)12-20(24)13-5-2-1-3-6-13/h1-12H,(H,25,26). The van der Waals surface area contributed by atoms with Crippen LogP contribution in [0.15, 0.2) is 82.2 Å². The first-order valence-electron chi connectivity index (χ1n) is 8.44. The van der Waals surface area contributed by atoms with Gasteiger partial charge in [0.15, 0.2) is 0 Å². The van der Waals surface area contributed by atoms with E-state index in [1.807, 2.05) is 6.07 Å². The molecule has 0 aliphatic carbocycles. The Balaban J connectivity index is 2.12. The number of hydrogen-bond acceptors (Lipinski definition) is 3. The molecule has 0 aliphatic rings. The molecule has 0 unspecified atom stereocenters. The maximum atomic E-state index is 13.6. The molecule has 4 aromatic rings. The first kappa shape index (κ1) is 19.7. The summed E-state index contributed by atoms with van der Waals surface area (Å²) in [6.45, 7) is 0. The highest BCUT2D eigenvalue weighted by molar-refractivity contribution is 9.10. The number of fused-ring (bicyclic) bond motifs is 1. The zero-order chi connectivity index (χ0) is 20.8. The molecule has 1 heterocycles. The number of carboxylic acids is 1. The molecule has 1 N–H and O–H groups in total. The predicted octanol–water partition coefficient (Wildman–Crippen LogP) is 5.66. The number of carboxylic acid groups (broad SMARTS) is 1. The van der Waals surface area contributed by atoms with Crippen molar-refractivity contribution in [2.24, 2.45) is 0 Å². The van der Waals surface area contributed by atoms with E-state index < -0.39 is 16.0 Å². The van der Waals surface area contributed by atoms with Gasteiger partial charge in [0.2, 0.25) is 0 Å². The Bertz CT molecular complexity index is 1340. The number of hydrogen-bond donors (Lipinski definition) is 1. The van der Waals surface area contributed by atoms with Crippen LogP contribution in [0.5, 0.6) is 0 Å². The Kier molecular flexibility index (Phi) is 4.98. The van der Waals surface area contributed by atoms with Gasteiger partial charge in [0, 0.05) is 14.9 Å². The topological polar surface area (TPSA) is 76.4 Å². The van der Waals surface area contributed by atoms with Crippen molar-refractivity contribution in [2.75, 3.05) is 0 Å². The lowest BCUT2D eigenvalue weighted by molar-refractivity contribution is 0.0699. The first-order chi connectivity index (χ1) is 13.8. The SMILES string of the molecule is O=C(O)c1cccc2c1cc(-c1ccccc1)n2S(=O)(=O)c1cc(Cl)cc(Br)c1. The Hall–Kier alpha value is -2.61. The third kappa shape index (κ3) is 3.46. The molecule has 0 saturated heterocycles. The lowest BCUT2D eigenvalue weighted by Gasteiger charge is -2.13. The van der Waals surface area contributed by atoms with E-state index in [1.54, 1.807) is 42.5 Å². The lowest BCUT2D eigenvalue weighted by atomic mass is 10.1. The Labute approximate surface area is 180 Å². The average Bonchev–Trinajstić information content (AvgIpc) is 3.08. The number of rotatable bonds is 4. The van der Waals surface area contributed by atoms with Gasteiger partial charge in [-0.2, -0.15) is 0 Å². The van der Waals surface area contributed by atoms with Gasteiger partial charge in [0.1, 0.15) is 0 Å². The zero-order valence-electron chi connectivity index (χ0n) is 14.7. The summed E-state index contributed by atoms with van der Waals surface area (Å²) in [7, 11) is -4.08. The van der Waals surface area contributed by atoms with Crippen LogP contribution in [0.3, 0.4) is 0 Å². The molecule has 8 heteroatoms. The molecule has 146 valence electrons. The van der Waals surface area contributed by atoms with Gasteiger partial charge < -0.3 is 5.11 Å².